The third kappa shape index (κ3) is 5.11. The first-order valence-electron chi connectivity index (χ1n) is 10.7. The van der Waals surface area contributed by atoms with Crippen LogP contribution in [0, 0.1) is 11.6 Å². The number of methoxy groups -OCH3 is 1. The molecule has 2 heterocycles. The summed E-state index contributed by atoms with van der Waals surface area (Å²) in [5.41, 5.74) is 2.32. The molecule has 0 spiro atoms. The monoisotopic (exact) mass is 586 g/mol. The van der Waals surface area contributed by atoms with Gasteiger partial charge in [-0.25, -0.2) is 18.4 Å². The minimum atomic E-state index is -0.814. The molecule has 3 aromatic carbocycles. The average Bonchev–Trinajstić information content (AvgIpc) is 3.28. The standard InChI is InChI=1S/C25H17BrF2N4O4S/c1-35-22-7-13(6-16(26)24(22)34)10-29-32-20(14-2-5-21-19(8-14)30-23(33)11-36-21)12-37-25(32)31-18-4-3-15(27)9-17(18)28/h2-10,12,34H,11H2,1H3,(H,30,33). The number of rotatable bonds is 5. The van der Waals surface area contributed by atoms with E-state index in [2.05, 4.69) is 31.3 Å². The Bertz CT molecular complexity index is 1630. The lowest BCUT2D eigenvalue weighted by molar-refractivity contribution is -0.118. The van der Waals surface area contributed by atoms with Crippen LogP contribution in [0.25, 0.3) is 11.3 Å². The third-order valence-corrected chi connectivity index (χ3v) is 6.73. The van der Waals surface area contributed by atoms with Crippen molar-refractivity contribution in [2.24, 2.45) is 10.1 Å². The topological polar surface area (TPSA) is 97.4 Å². The Hall–Kier alpha value is -4.03. The summed E-state index contributed by atoms with van der Waals surface area (Å²) in [5.74, 6) is -1.06. The lowest BCUT2D eigenvalue weighted by Crippen LogP contribution is -2.25. The van der Waals surface area contributed by atoms with Gasteiger partial charge in [-0.1, -0.05) is 0 Å². The summed E-state index contributed by atoms with van der Waals surface area (Å²) in [4.78, 5) is 16.5. The number of nitrogens with one attached hydrogen (secondary N) is 1. The van der Waals surface area contributed by atoms with E-state index in [0.717, 1.165) is 12.1 Å². The predicted octanol–water partition coefficient (Wildman–Crippen LogP) is 5.42. The maximum Gasteiger partial charge on any atom is 0.262 e. The molecule has 0 atom stereocenters. The second kappa shape index (κ2) is 10.1. The molecule has 188 valence electrons. The second-order valence-corrected chi connectivity index (χ2v) is 9.46. The van der Waals surface area contributed by atoms with E-state index in [4.69, 9.17) is 9.47 Å². The summed E-state index contributed by atoms with van der Waals surface area (Å²) >= 11 is 4.48. The molecule has 1 aliphatic rings. The molecule has 8 nitrogen and oxygen atoms in total. The minimum Gasteiger partial charge on any atom is -0.503 e. The molecule has 0 radical (unpaired) electrons. The maximum absolute atomic E-state index is 14.4. The number of hydrogen-bond acceptors (Lipinski definition) is 7. The number of phenolic OH excluding ortho intramolecular Hbond substituents is 1. The maximum atomic E-state index is 14.4. The Morgan fingerprint density at radius 2 is 2.05 bits per heavy atom. The molecular weight excluding hydrogens is 570 g/mol. The highest BCUT2D eigenvalue weighted by atomic mass is 79.9. The van der Waals surface area contributed by atoms with Crippen molar-refractivity contribution in [1.29, 1.82) is 0 Å². The Kier molecular flexibility index (Phi) is 6.76. The number of fused-ring (bicyclic) bond motifs is 1. The zero-order valence-electron chi connectivity index (χ0n) is 19.0. The molecule has 0 bridgehead atoms. The van der Waals surface area contributed by atoms with Crippen molar-refractivity contribution in [2.45, 2.75) is 0 Å². The fourth-order valence-electron chi connectivity index (χ4n) is 3.55. The van der Waals surface area contributed by atoms with E-state index in [0.29, 0.717) is 37.5 Å². The van der Waals surface area contributed by atoms with Crippen LogP contribution < -0.4 is 19.6 Å². The van der Waals surface area contributed by atoms with Gasteiger partial charge in [0.15, 0.2) is 23.9 Å². The number of thiazole rings is 1. The van der Waals surface area contributed by atoms with E-state index < -0.39 is 11.6 Å². The minimum absolute atomic E-state index is 0.0516. The zero-order chi connectivity index (χ0) is 26.1. The van der Waals surface area contributed by atoms with E-state index in [9.17, 15) is 18.7 Å². The van der Waals surface area contributed by atoms with Gasteiger partial charge in [-0.15, -0.1) is 11.3 Å². The van der Waals surface area contributed by atoms with Gasteiger partial charge in [-0.05, 0) is 64.0 Å². The van der Waals surface area contributed by atoms with Crippen LogP contribution in [0.1, 0.15) is 5.56 Å². The highest BCUT2D eigenvalue weighted by Gasteiger charge is 2.18. The molecule has 4 aromatic rings. The predicted molar refractivity (Wildman–Crippen MR) is 139 cm³/mol. The molecule has 5 rings (SSSR count). The van der Waals surface area contributed by atoms with Crippen LogP contribution in [0.5, 0.6) is 17.2 Å². The molecule has 1 aromatic heterocycles. The molecule has 0 unspecified atom stereocenters. The summed E-state index contributed by atoms with van der Waals surface area (Å²) in [7, 11) is 1.43. The first kappa shape index (κ1) is 24.7. The van der Waals surface area contributed by atoms with Crippen LogP contribution in [-0.4, -0.2) is 35.6 Å². The smallest absolute Gasteiger partial charge is 0.262 e. The number of carbonyl (C=O) groups excluding carboxylic acids is 1. The van der Waals surface area contributed by atoms with E-state index in [1.807, 2.05) is 0 Å². The first-order valence-corrected chi connectivity index (χ1v) is 12.4. The van der Waals surface area contributed by atoms with Crippen LogP contribution in [0.2, 0.25) is 0 Å². The number of aromatic nitrogens is 1. The van der Waals surface area contributed by atoms with Gasteiger partial charge in [0.05, 0.1) is 29.2 Å². The lowest BCUT2D eigenvalue weighted by Gasteiger charge is -2.18. The Morgan fingerprint density at radius 3 is 2.84 bits per heavy atom. The number of phenols is 1. The van der Waals surface area contributed by atoms with Crippen LogP contribution >= 0.6 is 27.3 Å². The Morgan fingerprint density at radius 1 is 1.22 bits per heavy atom. The van der Waals surface area contributed by atoms with Gasteiger partial charge in [-0.3, -0.25) is 4.79 Å². The molecular formula is C25H17BrF2N4O4S. The molecule has 0 fully saturated rings. The van der Waals surface area contributed by atoms with Crippen LogP contribution in [-0.2, 0) is 4.79 Å². The molecule has 2 N–H and O–H groups in total. The van der Waals surface area contributed by atoms with Gasteiger partial charge in [-0.2, -0.15) is 5.10 Å². The number of halogens is 3. The fraction of sp³-hybridized carbons (Fsp3) is 0.0800. The number of anilines is 1. The van der Waals surface area contributed by atoms with E-state index in [1.165, 1.54) is 35.4 Å². The quantitative estimate of drug-likeness (QED) is 0.305. The highest BCUT2D eigenvalue weighted by molar-refractivity contribution is 9.10. The summed E-state index contributed by atoms with van der Waals surface area (Å²) in [6, 6.07) is 11.6. The third-order valence-electron chi connectivity index (χ3n) is 5.31. The normalized spacial score (nSPS) is 13.4. The summed E-state index contributed by atoms with van der Waals surface area (Å²) in [5, 5.41) is 19.2. The largest absolute Gasteiger partial charge is 0.503 e. The van der Waals surface area contributed by atoms with Crippen LogP contribution in [0.15, 0.2) is 68.5 Å². The van der Waals surface area contributed by atoms with Gasteiger partial charge >= 0.3 is 0 Å². The van der Waals surface area contributed by atoms with E-state index >= 15 is 0 Å². The summed E-state index contributed by atoms with van der Waals surface area (Å²) in [6.45, 7) is -0.0625. The van der Waals surface area contributed by atoms with E-state index in [1.54, 1.807) is 35.7 Å². The summed E-state index contributed by atoms with van der Waals surface area (Å²) in [6.07, 6.45) is 1.52. The van der Waals surface area contributed by atoms with Crippen molar-refractivity contribution in [2.75, 3.05) is 19.0 Å². The number of carbonyl (C=O) groups is 1. The van der Waals surface area contributed by atoms with Crippen molar-refractivity contribution in [3.63, 3.8) is 0 Å². The molecule has 0 saturated carbocycles. The van der Waals surface area contributed by atoms with Crippen LogP contribution in [0.4, 0.5) is 20.2 Å². The zero-order valence-corrected chi connectivity index (χ0v) is 21.4. The molecule has 12 heteroatoms. The summed E-state index contributed by atoms with van der Waals surface area (Å²) < 4.78 is 40.3. The Balaban J connectivity index is 1.65. The number of ether oxygens (including phenoxy) is 2. The van der Waals surface area contributed by atoms with Gasteiger partial charge in [0, 0.05) is 17.0 Å². The SMILES string of the molecule is COc1cc(C=Nn2c(-c3ccc4c(c3)NC(=O)CO4)csc2=Nc2ccc(F)cc2F)cc(Br)c1O. The molecule has 0 aliphatic carbocycles. The van der Waals surface area contributed by atoms with Crippen molar-refractivity contribution in [3.05, 3.63) is 80.4 Å². The van der Waals surface area contributed by atoms with Crippen molar-refractivity contribution >= 4 is 50.8 Å². The average molecular weight is 587 g/mol. The molecule has 0 saturated heterocycles. The van der Waals surface area contributed by atoms with Gasteiger partial charge in [0.2, 0.25) is 4.80 Å². The molecule has 1 amide bonds. The van der Waals surface area contributed by atoms with Crippen molar-refractivity contribution < 1.29 is 28.2 Å². The fourth-order valence-corrected chi connectivity index (χ4v) is 4.86. The Labute approximate surface area is 221 Å². The van der Waals surface area contributed by atoms with Crippen molar-refractivity contribution in [1.82, 2.24) is 4.68 Å². The number of hydrogen-bond donors (Lipinski definition) is 2. The number of benzene rings is 3. The van der Waals surface area contributed by atoms with Gasteiger partial charge < -0.3 is 19.9 Å². The second-order valence-electron chi connectivity index (χ2n) is 7.77. The number of nitrogens with zero attached hydrogens (tertiary/aromatic N) is 3. The number of amides is 1. The molecule has 1 aliphatic heterocycles. The first-order chi connectivity index (χ1) is 17.8. The van der Waals surface area contributed by atoms with E-state index in [-0.39, 0.29) is 29.7 Å². The van der Waals surface area contributed by atoms with Crippen LogP contribution in [0.3, 0.4) is 0 Å². The van der Waals surface area contributed by atoms with Gasteiger partial charge in [0.25, 0.3) is 5.91 Å². The van der Waals surface area contributed by atoms with Gasteiger partial charge in [0.1, 0.15) is 17.3 Å². The lowest BCUT2D eigenvalue weighted by atomic mass is 10.1. The molecule has 37 heavy (non-hydrogen) atoms. The van der Waals surface area contributed by atoms with Crippen molar-refractivity contribution in [3.8, 4) is 28.5 Å². The number of aromatic hydroxyl groups is 1. The highest BCUT2D eigenvalue weighted by Crippen LogP contribution is 2.35.